The molecule has 1 aliphatic rings. The second-order valence-electron chi connectivity index (χ2n) is 5.34. The van der Waals surface area contributed by atoms with Crippen LogP contribution in [0.2, 0.25) is 0 Å². The Labute approximate surface area is 139 Å². The van der Waals surface area contributed by atoms with Crippen LogP contribution in [0.15, 0.2) is 54.6 Å². The lowest BCUT2D eigenvalue weighted by atomic mass is 10.1. The summed E-state index contributed by atoms with van der Waals surface area (Å²) < 4.78 is 5.08. The van der Waals surface area contributed by atoms with Crippen LogP contribution in [0.4, 0.5) is 10.5 Å². The Bertz CT molecular complexity index is 789. The number of carbonyl (C=O) groups excluding carboxylic acids is 3. The number of hydrogen-bond donors (Lipinski definition) is 0. The first-order chi connectivity index (χ1) is 11.6. The fourth-order valence-corrected chi connectivity index (χ4v) is 2.54. The predicted molar refractivity (Wildman–Crippen MR) is 88.2 cm³/mol. The summed E-state index contributed by atoms with van der Waals surface area (Å²) >= 11 is 0. The van der Waals surface area contributed by atoms with Crippen molar-refractivity contribution >= 4 is 23.4 Å². The van der Waals surface area contributed by atoms with Gasteiger partial charge in [-0.25, -0.2) is 4.79 Å². The second-order valence-corrected chi connectivity index (χ2v) is 5.34. The zero-order valence-corrected chi connectivity index (χ0v) is 13.1. The van der Waals surface area contributed by atoms with E-state index in [9.17, 15) is 14.4 Å². The number of benzene rings is 2. The van der Waals surface area contributed by atoms with Crippen LogP contribution in [0, 0.1) is 0 Å². The van der Waals surface area contributed by atoms with Gasteiger partial charge >= 0.3 is 6.03 Å². The average Bonchev–Trinajstić information content (AvgIpc) is 2.90. The van der Waals surface area contributed by atoms with Crippen molar-refractivity contribution < 1.29 is 19.1 Å². The monoisotopic (exact) mass is 324 g/mol. The standard InChI is InChI=1S/C18H16N2O4/c1-24-15-9-5-6-13(10-15)16(21)11-20-17(22)12-19(18(20)23)14-7-3-2-4-8-14/h2-10H,11-12H2,1H3. The molecule has 0 saturated carbocycles. The number of Topliss-reactive ketones (excluding diaryl/α,β-unsaturated/α-hetero) is 1. The van der Waals surface area contributed by atoms with Gasteiger partial charge in [0.2, 0.25) is 0 Å². The topological polar surface area (TPSA) is 66.9 Å². The van der Waals surface area contributed by atoms with Crippen molar-refractivity contribution in [1.29, 1.82) is 0 Å². The number of para-hydroxylation sites is 1. The van der Waals surface area contributed by atoms with Crippen LogP contribution in [-0.2, 0) is 4.79 Å². The summed E-state index contributed by atoms with van der Waals surface area (Å²) in [4.78, 5) is 39.3. The number of amides is 3. The third-order valence-corrected chi connectivity index (χ3v) is 3.82. The van der Waals surface area contributed by atoms with Gasteiger partial charge < -0.3 is 4.74 Å². The number of methoxy groups -OCH3 is 1. The smallest absolute Gasteiger partial charge is 0.332 e. The van der Waals surface area contributed by atoms with Crippen LogP contribution < -0.4 is 9.64 Å². The summed E-state index contributed by atoms with van der Waals surface area (Å²) in [5, 5.41) is 0. The van der Waals surface area contributed by atoms with Gasteiger partial charge in [0.25, 0.3) is 5.91 Å². The number of hydrogen-bond acceptors (Lipinski definition) is 4. The molecule has 1 aliphatic heterocycles. The van der Waals surface area contributed by atoms with E-state index in [1.165, 1.54) is 12.0 Å². The lowest BCUT2D eigenvalue weighted by Crippen LogP contribution is -2.37. The maximum atomic E-state index is 12.5. The molecule has 122 valence electrons. The fourth-order valence-electron chi connectivity index (χ4n) is 2.54. The minimum absolute atomic E-state index is 0.0613. The minimum Gasteiger partial charge on any atom is -0.497 e. The lowest BCUT2D eigenvalue weighted by molar-refractivity contribution is -0.124. The Hall–Kier alpha value is -3.15. The molecule has 1 saturated heterocycles. The maximum Gasteiger partial charge on any atom is 0.332 e. The SMILES string of the molecule is COc1cccc(C(=O)CN2C(=O)CN(c3ccccc3)C2=O)c1. The first kappa shape index (κ1) is 15.7. The summed E-state index contributed by atoms with van der Waals surface area (Å²) in [7, 11) is 1.51. The molecule has 3 amide bonds. The number of ether oxygens (including phenoxy) is 1. The van der Waals surface area contributed by atoms with Gasteiger partial charge in [-0.15, -0.1) is 0 Å². The second kappa shape index (κ2) is 6.54. The molecule has 3 rings (SSSR count). The highest BCUT2D eigenvalue weighted by Crippen LogP contribution is 2.21. The first-order valence-corrected chi connectivity index (χ1v) is 7.44. The van der Waals surface area contributed by atoms with E-state index in [-0.39, 0.29) is 24.8 Å². The maximum absolute atomic E-state index is 12.5. The number of carbonyl (C=O) groups is 3. The van der Waals surface area contributed by atoms with Gasteiger partial charge in [-0.3, -0.25) is 19.4 Å². The Balaban J connectivity index is 1.76. The molecule has 6 nitrogen and oxygen atoms in total. The van der Waals surface area contributed by atoms with Crippen molar-refractivity contribution in [3.8, 4) is 5.75 Å². The molecule has 1 heterocycles. The number of nitrogens with zero attached hydrogens (tertiary/aromatic N) is 2. The van der Waals surface area contributed by atoms with E-state index in [0.717, 1.165) is 4.90 Å². The van der Waals surface area contributed by atoms with Gasteiger partial charge in [0, 0.05) is 11.3 Å². The van der Waals surface area contributed by atoms with Gasteiger partial charge in [-0.05, 0) is 24.3 Å². The molecule has 0 aliphatic carbocycles. The van der Waals surface area contributed by atoms with Crippen molar-refractivity contribution in [2.45, 2.75) is 0 Å². The largest absolute Gasteiger partial charge is 0.497 e. The summed E-state index contributed by atoms with van der Waals surface area (Å²) in [6.45, 7) is -0.345. The zero-order valence-electron chi connectivity index (χ0n) is 13.1. The third kappa shape index (κ3) is 2.99. The number of anilines is 1. The lowest BCUT2D eigenvalue weighted by Gasteiger charge is -2.16. The molecule has 0 bridgehead atoms. The summed E-state index contributed by atoms with van der Waals surface area (Å²) in [5.41, 5.74) is 1.03. The fraction of sp³-hybridized carbons (Fsp3) is 0.167. The molecule has 2 aromatic rings. The highest BCUT2D eigenvalue weighted by molar-refractivity contribution is 6.15. The van der Waals surface area contributed by atoms with E-state index in [0.29, 0.717) is 17.0 Å². The molecule has 0 aromatic heterocycles. The molecular weight excluding hydrogens is 308 g/mol. The first-order valence-electron chi connectivity index (χ1n) is 7.44. The van der Waals surface area contributed by atoms with Gasteiger partial charge in [0.1, 0.15) is 12.3 Å². The number of ketones is 1. The van der Waals surface area contributed by atoms with Gasteiger partial charge in [-0.1, -0.05) is 30.3 Å². The summed E-state index contributed by atoms with van der Waals surface area (Å²) in [6.07, 6.45) is 0. The third-order valence-electron chi connectivity index (χ3n) is 3.82. The predicted octanol–water partition coefficient (Wildman–Crippen LogP) is 2.35. The van der Waals surface area contributed by atoms with Gasteiger partial charge in [-0.2, -0.15) is 0 Å². The van der Waals surface area contributed by atoms with E-state index >= 15 is 0 Å². The van der Waals surface area contributed by atoms with Crippen molar-refractivity contribution in [1.82, 2.24) is 4.90 Å². The number of imide groups is 1. The molecule has 0 atom stereocenters. The highest BCUT2D eigenvalue weighted by atomic mass is 16.5. The van der Waals surface area contributed by atoms with E-state index in [1.807, 2.05) is 6.07 Å². The summed E-state index contributed by atoms with van der Waals surface area (Å²) in [5.74, 6) is -0.156. The van der Waals surface area contributed by atoms with E-state index in [4.69, 9.17) is 4.74 Å². The van der Waals surface area contributed by atoms with E-state index in [2.05, 4.69) is 0 Å². The molecule has 0 unspecified atom stereocenters. The minimum atomic E-state index is -0.484. The Morgan fingerprint density at radius 3 is 2.54 bits per heavy atom. The van der Waals surface area contributed by atoms with Crippen LogP contribution in [0.3, 0.4) is 0 Å². The Morgan fingerprint density at radius 1 is 1.08 bits per heavy atom. The van der Waals surface area contributed by atoms with Crippen molar-refractivity contribution in [3.05, 3.63) is 60.2 Å². The van der Waals surface area contributed by atoms with E-state index in [1.54, 1.807) is 48.5 Å². The molecule has 0 N–H and O–H groups in total. The van der Waals surface area contributed by atoms with Crippen molar-refractivity contribution in [2.75, 3.05) is 25.1 Å². The van der Waals surface area contributed by atoms with Crippen molar-refractivity contribution in [3.63, 3.8) is 0 Å². The Morgan fingerprint density at radius 2 is 1.83 bits per heavy atom. The molecule has 0 radical (unpaired) electrons. The quantitative estimate of drug-likeness (QED) is 0.625. The molecule has 6 heteroatoms. The summed E-state index contributed by atoms with van der Waals surface area (Å²) in [6, 6.07) is 15.0. The van der Waals surface area contributed by atoms with Crippen LogP contribution >= 0.6 is 0 Å². The Kier molecular flexibility index (Phi) is 4.29. The van der Waals surface area contributed by atoms with Crippen LogP contribution in [-0.4, -0.2) is 42.8 Å². The van der Waals surface area contributed by atoms with Gasteiger partial charge in [0.05, 0.1) is 13.7 Å². The van der Waals surface area contributed by atoms with Crippen LogP contribution in [0.1, 0.15) is 10.4 Å². The molecule has 1 fully saturated rings. The van der Waals surface area contributed by atoms with Gasteiger partial charge in [0.15, 0.2) is 5.78 Å². The van der Waals surface area contributed by atoms with Crippen LogP contribution in [0.5, 0.6) is 5.75 Å². The highest BCUT2D eigenvalue weighted by Gasteiger charge is 2.37. The molecule has 2 aromatic carbocycles. The average molecular weight is 324 g/mol. The molecule has 24 heavy (non-hydrogen) atoms. The van der Waals surface area contributed by atoms with Crippen LogP contribution in [0.25, 0.3) is 0 Å². The van der Waals surface area contributed by atoms with E-state index < -0.39 is 6.03 Å². The van der Waals surface area contributed by atoms with Crippen molar-refractivity contribution in [2.24, 2.45) is 0 Å². The molecule has 0 spiro atoms. The number of urea groups is 1. The number of rotatable bonds is 5. The molecular formula is C18H16N2O4. The normalized spacial score (nSPS) is 14.2. The zero-order chi connectivity index (χ0) is 17.1.